The molecule has 0 aromatic heterocycles. The zero-order valence-corrected chi connectivity index (χ0v) is 8.19. The molecule has 0 amide bonds. The van der Waals surface area contributed by atoms with Gasteiger partial charge in [0.15, 0.2) is 0 Å². The normalized spacial score (nSPS) is 51.2. The minimum atomic E-state index is -0.640. The lowest BCUT2D eigenvalue weighted by Gasteiger charge is -2.32. The van der Waals surface area contributed by atoms with Crippen molar-refractivity contribution in [2.45, 2.75) is 36.8 Å². The van der Waals surface area contributed by atoms with Gasteiger partial charge < -0.3 is 19.3 Å². The van der Waals surface area contributed by atoms with Crippen LogP contribution in [0.1, 0.15) is 6.92 Å². The van der Waals surface area contributed by atoms with Crippen molar-refractivity contribution in [3.8, 4) is 0 Å². The molecule has 2 aliphatic heterocycles. The molecule has 0 aromatic carbocycles. The van der Waals surface area contributed by atoms with Crippen molar-refractivity contribution in [1.82, 2.24) is 0 Å². The highest BCUT2D eigenvalue weighted by Gasteiger charge is 2.62. The molecule has 74 valence electrons. The number of methoxy groups -OCH3 is 1. The van der Waals surface area contributed by atoms with Crippen LogP contribution in [0, 0.1) is 0 Å². The molecule has 2 bridgehead atoms. The standard InChI is InChI=1S/C8H15BO4/c1-4(10)8-3-12-5(6(8)11-2)7(9)13-8/h4-7,10H,3,9H2,1-2H3/t4?,5?,6?,7?,8-/m1/s1. The van der Waals surface area contributed by atoms with Crippen LogP contribution in [0.4, 0.5) is 0 Å². The van der Waals surface area contributed by atoms with Gasteiger partial charge in [0.2, 0.25) is 0 Å². The van der Waals surface area contributed by atoms with Crippen LogP contribution in [0.3, 0.4) is 0 Å². The van der Waals surface area contributed by atoms with E-state index >= 15 is 0 Å². The third kappa shape index (κ3) is 1.08. The summed E-state index contributed by atoms with van der Waals surface area (Å²) in [5, 5.41) is 9.66. The van der Waals surface area contributed by atoms with Gasteiger partial charge in [0, 0.05) is 7.11 Å². The second kappa shape index (κ2) is 2.95. The quantitative estimate of drug-likeness (QED) is 0.533. The number of ether oxygens (including phenoxy) is 3. The molecular weight excluding hydrogens is 171 g/mol. The second-order valence-corrected chi connectivity index (χ2v) is 3.89. The Labute approximate surface area is 78.6 Å². The van der Waals surface area contributed by atoms with Crippen LogP contribution in [-0.2, 0) is 14.2 Å². The molecule has 0 aromatic rings. The van der Waals surface area contributed by atoms with E-state index in [1.807, 2.05) is 7.85 Å². The minimum Gasteiger partial charge on any atom is -0.390 e. The smallest absolute Gasteiger partial charge is 0.145 e. The Morgan fingerprint density at radius 3 is 2.77 bits per heavy atom. The summed E-state index contributed by atoms with van der Waals surface area (Å²) in [5.74, 6) is 0. The van der Waals surface area contributed by atoms with E-state index in [2.05, 4.69) is 0 Å². The lowest BCUT2D eigenvalue weighted by atomic mass is 9.89. The van der Waals surface area contributed by atoms with E-state index in [0.717, 1.165) is 0 Å². The van der Waals surface area contributed by atoms with Crippen molar-refractivity contribution in [3.05, 3.63) is 0 Å². The van der Waals surface area contributed by atoms with Crippen LogP contribution >= 0.6 is 0 Å². The Morgan fingerprint density at radius 2 is 2.38 bits per heavy atom. The van der Waals surface area contributed by atoms with Gasteiger partial charge in [-0.25, -0.2) is 0 Å². The van der Waals surface area contributed by atoms with Gasteiger partial charge in [0.05, 0.1) is 18.7 Å². The van der Waals surface area contributed by atoms with E-state index in [9.17, 15) is 5.11 Å². The second-order valence-electron chi connectivity index (χ2n) is 3.89. The van der Waals surface area contributed by atoms with Crippen LogP contribution in [0.2, 0.25) is 0 Å². The zero-order valence-electron chi connectivity index (χ0n) is 8.19. The number of hydrogen-bond acceptors (Lipinski definition) is 4. The number of fused-ring (bicyclic) bond motifs is 2. The minimum absolute atomic E-state index is 0.00769. The first-order valence-electron chi connectivity index (χ1n) is 4.62. The molecular formula is C8H15BO4. The van der Waals surface area contributed by atoms with Crippen LogP contribution in [0.15, 0.2) is 0 Å². The first kappa shape index (κ1) is 9.46. The van der Waals surface area contributed by atoms with Crippen molar-refractivity contribution in [1.29, 1.82) is 0 Å². The summed E-state index contributed by atoms with van der Waals surface area (Å²) in [6, 6.07) is 0.00769. The molecule has 13 heavy (non-hydrogen) atoms. The van der Waals surface area contributed by atoms with Gasteiger partial charge >= 0.3 is 0 Å². The molecule has 1 N–H and O–H groups in total. The Morgan fingerprint density at radius 1 is 1.69 bits per heavy atom. The molecule has 2 heterocycles. The van der Waals surface area contributed by atoms with E-state index in [-0.39, 0.29) is 18.2 Å². The van der Waals surface area contributed by atoms with E-state index in [1.165, 1.54) is 0 Å². The summed E-state index contributed by atoms with van der Waals surface area (Å²) < 4.78 is 16.6. The first-order chi connectivity index (χ1) is 6.12. The zero-order chi connectivity index (χ0) is 9.64. The molecule has 0 radical (unpaired) electrons. The Bertz CT molecular complexity index is 210. The van der Waals surface area contributed by atoms with Crippen LogP contribution in [-0.4, -0.2) is 56.6 Å². The Balaban J connectivity index is 2.27. The number of rotatable bonds is 2. The molecule has 0 spiro atoms. The van der Waals surface area contributed by atoms with Gasteiger partial charge in [-0.15, -0.1) is 0 Å². The molecule has 4 nitrogen and oxygen atoms in total. The van der Waals surface area contributed by atoms with Crippen molar-refractivity contribution >= 4 is 7.85 Å². The highest BCUT2D eigenvalue weighted by atomic mass is 16.7. The molecule has 5 heteroatoms. The van der Waals surface area contributed by atoms with Gasteiger partial charge in [0.25, 0.3) is 0 Å². The van der Waals surface area contributed by atoms with Gasteiger partial charge in [0.1, 0.15) is 25.7 Å². The third-order valence-electron chi connectivity index (χ3n) is 3.11. The van der Waals surface area contributed by atoms with Crippen LogP contribution in [0.5, 0.6) is 0 Å². The monoisotopic (exact) mass is 186 g/mol. The first-order valence-corrected chi connectivity index (χ1v) is 4.62. The van der Waals surface area contributed by atoms with Gasteiger partial charge in [-0.05, 0) is 6.92 Å². The van der Waals surface area contributed by atoms with Crippen LogP contribution < -0.4 is 0 Å². The summed E-state index contributed by atoms with van der Waals surface area (Å²) >= 11 is 0. The van der Waals surface area contributed by atoms with Gasteiger partial charge in [-0.3, -0.25) is 0 Å². The number of hydrogen-bond donors (Lipinski definition) is 1. The molecule has 0 saturated carbocycles. The summed E-state index contributed by atoms with van der Waals surface area (Å²) in [6.07, 6.45) is -0.727. The number of aliphatic hydroxyl groups is 1. The van der Waals surface area contributed by atoms with E-state index < -0.39 is 11.7 Å². The maximum atomic E-state index is 9.66. The number of aliphatic hydroxyl groups excluding tert-OH is 1. The lowest BCUT2D eigenvalue weighted by Crippen LogP contribution is -2.50. The summed E-state index contributed by atoms with van der Waals surface area (Å²) in [5.41, 5.74) is -0.640. The van der Waals surface area contributed by atoms with E-state index in [0.29, 0.717) is 6.61 Å². The Kier molecular flexibility index (Phi) is 2.15. The van der Waals surface area contributed by atoms with Gasteiger partial charge in [-0.1, -0.05) is 0 Å². The molecule has 4 unspecified atom stereocenters. The average Bonchev–Trinajstić information content (AvgIpc) is 2.56. The molecule has 5 atom stereocenters. The SMILES string of the molecule is BC1O[C@@]2(C(C)O)COC1C2OC. The maximum absolute atomic E-state index is 9.66. The van der Waals surface area contributed by atoms with Crippen molar-refractivity contribution in [2.24, 2.45) is 0 Å². The van der Waals surface area contributed by atoms with Gasteiger partial charge in [-0.2, -0.15) is 0 Å². The molecule has 2 rings (SSSR count). The molecule has 2 fully saturated rings. The van der Waals surface area contributed by atoms with Crippen molar-refractivity contribution in [2.75, 3.05) is 13.7 Å². The van der Waals surface area contributed by atoms with Crippen LogP contribution in [0.25, 0.3) is 0 Å². The Hall–Kier alpha value is -0.0951. The van der Waals surface area contributed by atoms with E-state index in [4.69, 9.17) is 14.2 Å². The predicted octanol–water partition coefficient (Wildman–Crippen LogP) is -1.49. The molecule has 0 aliphatic carbocycles. The van der Waals surface area contributed by atoms with E-state index in [1.54, 1.807) is 14.0 Å². The molecule has 2 saturated heterocycles. The fourth-order valence-corrected chi connectivity index (χ4v) is 2.36. The fraction of sp³-hybridized carbons (Fsp3) is 1.00. The lowest BCUT2D eigenvalue weighted by molar-refractivity contribution is -0.165. The topological polar surface area (TPSA) is 47.9 Å². The predicted molar refractivity (Wildman–Crippen MR) is 48.4 cm³/mol. The average molecular weight is 186 g/mol. The van der Waals surface area contributed by atoms with Crippen molar-refractivity contribution in [3.63, 3.8) is 0 Å². The summed E-state index contributed by atoms with van der Waals surface area (Å²) in [4.78, 5) is 0. The summed E-state index contributed by atoms with van der Waals surface area (Å²) in [7, 11) is 3.57. The highest BCUT2D eigenvalue weighted by Crippen LogP contribution is 2.42. The van der Waals surface area contributed by atoms with Crippen molar-refractivity contribution < 1.29 is 19.3 Å². The summed E-state index contributed by atoms with van der Waals surface area (Å²) in [6.45, 7) is 2.15. The molecule has 2 aliphatic rings. The largest absolute Gasteiger partial charge is 0.390 e. The highest BCUT2D eigenvalue weighted by molar-refractivity contribution is 6.11. The maximum Gasteiger partial charge on any atom is 0.145 e. The fourth-order valence-electron chi connectivity index (χ4n) is 2.36. The third-order valence-corrected chi connectivity index (χ3v) is 3.11.